The molecule has 0 bridgehead atoms. The number of rotatable bonds is 8. The monoisotopic (exact) mass is 710 g/mol. The van der Waals surface area contributed by atoms with Gasteiger partial charge in [0.05, 0.1) is 36.3 Å². The highest BCUT2D eigenvalue weighted by Gasteiger charge is 2.49. The van der Waals surface area contributed by atoms with E-state index in [1.165, 1.54) is 36.4 Å². The summed E-state index contributed by atoms with van der Waals surface area (Å²) in [6, 6.07) is 8.30. The van der Waals surface area contributed by atoms with Gasteiger partial charge in [-0.1, -0.05) is 12.1 Å². The van der Waals surface area contributed by atoms with Gasteiger partial charge in [0.25, 0.3) is 0 Å². The summed E-state index contributed by atoms with van der Waals surface area (Å²) in [6.45, 7) is -2.00. The Morgan fingerprint density at radius 2 is 1.32 bits per heavy atom. The van der Waals surface area contributed by atoms with Gasteiger partial charge in [0.15, 0.2) is 6.29 Å². The Morgan fingerprint density at radius 1 is 0.700 bits per heavy atom. The summed E-state index contributed by atoms with van der Waals surface area (Å²) in [5.74, 6) is -0.262. The van der Waals surface area contributed by atoms with E-state index in [-0.39, 0.29) is 33.6 Å². The molecule has 2 aromatic carbocycles. The van der Waals surface area contributed by atoms with Crippen LogP contribution in [0.25, 0.3) is 22.1 Å². The third kappa shape index (κ3) is 6.60. The molecule has 0 saturated carbocycles. The van der Waals surface area contributed by atoms with Crippen LogP contribution in [0, 0.1) is 0 Å². The zero-order valence-corrected chi connectivity index (χ0v) is 26.0. The number of benzene rings is 2. The first-order chi connectivity index (χ1) is 23.9. The molecule has 0 amide bonds. The van der Waals surface area contributed by atoms with Crippen molar-refractivity contribution in [3.8, 4) is 22.6 Å². The summed E-state index contributed by atoms with van der Waals surface area (Å²) in [5, 5.41) is 113. The van der Waals surface area contributed by atoms with Crippen molar-refractivity contribution in [2.45, 2.75) is 85.8 Å². The standard InChI is InChI=1S/C32H38O18/c33-7-16-21(37)24(40)26(42)30(47-16)19-15(6-5-13-20(36)14(9-45-29(13)19)11-1-3-12(35)4-2-11)48-31-27(43)23(39)18(10-46-31)50-32-28(44)25(41)22(38)17(8-34)49-32/h1-6,9,16-18,21-28,30-35,37-44H,7-8,10H2/t16-,17-,18-,21-,22-,23+,24+,25+,26-,27-,28-,30+,31-,32-/m1/s1. The maximum Gasteiger partial charge on any atom is 0.228 e. The molecule has 0 unspecified atom stereocenters. The van der Waals surface area contributed by atoms with Crippen LogP contribution < -0.4 is 10.2 Å². The average molecular weight is 711 g/mol. The Bertz CT molecular complexity index is 1680. The molecule has 50 heavy (non-hydrogen) atoms. The lowest BCUT2D eigenvalue weighted by Crippen LogP contribution is -2.62. The Morgan fingerprint density at radius 3 is 1.98 bits per heavy atom. The van der Waals surface area contributed by atoms with Crippen molar-refractivity contribution in [1.29, 1.82) is 0 Å². The van der Waals surface area contributed by atoms with E-state index in [0.717, 1.165) is 6.26 Å². The minimum atomic E-state index is -1.87. The summed E-state index contributed by atoms with van der Waals surface area (Å²) in [5.41, 5.74) is -0.424. The molecule has 6 rings (SSSR count). The number of fused-ring (bicyclic) bond motifs is 1. The molecule has 18 nitrogen and oxygen atoms in total. The highest BCUT2D eigenvalue weighted by atomic mass is 16.7. The largest absolute Gasteiger partial charge is 0.508 e. The number of hydrogen-bond donors (Lipinski definition) is 11. The van der Waals surface area contributed by atoms with Crippen LogP contribution in [0.2, 0.25) is 0 Å². The molecular weight excluding hydrogens is 672 g/mol. The van der Waals surface area contributed by atoms with E-state index < -0.39 is 111 Å². The lowest BCUT2D eigenvalue weighted by Gasteiger charge is -2.43. The fraction of sp³-hybridized carbons (Fsp3) is 0.531. The van der Waals surface area contributed by atoms with Crippen LogP contribution in [0.4, 0.5) is 0 Å². The number of aliphatic hydroxyl groups excluding tert-OH is 10. The Hall–Kier alpha value is -3.31. The van der Waals surface area contributed by atoms with Crippen LogP contribution >= 0.6 is 0 Å². The zero-order chi connectivity index (χ0) is 36.0. The number of ether oxygens (including phenoxy) is 5. The normalized spacial score (nSPS) is 37.9. The van der Waals surface area contributed by atoms with Crippen molar-refractivity contribution in [2.75, 3.05) is 19.8 Å². The highest BCUT2D eigenvalue weighted by molar-refractivity contribution is 5.86. The summed E-state index contributed by atoms with van der Waals surface area (Å²) in [6.07, 6.45) is -22.1. The maximum atomic E-state index is 13.7. The molecule has 3 aromatic rings. The van der Waals surface area contributed by atoms with Crippen molar-refractivity contribution in [3.63, 3.8) is 0 Å². The first kappa shape index (κ1) is 36.5. The molecule has 274 valence electrons. The van der Waals surface area contributed by atoms with Crippen molar-refractivity contribution in [3.05, 3.63) is 58.4 Å². The molecule has 3 aliphatic rings. The summed E-state index contributed by atoms with van der Waals surface area (Å²) < 4.78 is 34.1. The van der Waals surface area contributed by atoms with Gasteiger partial charge in [-0.2, -0.15) is 0 Å². The maximum absolute atomic E-state index is 13.7. The Labute approximate surface area is 282 Å². The van der Waals surface area contributed by atoms with Crippen molar-refractivity contribution in [1.82, 2.24) is 0 Å². The molecule has 14 atom stereocenters. The lowest BCUT2D eigenvalue weighted by molar-refractivity contribution is -0.338. The molecule has 11 N–H and O–H groups in total. The van der Waals surface area contributed by atoms with E-state index in [9.17, 15) is 61.0 Å². The van der Waals surface area contributed by atoms with Crippen molar-refractivity contribution in [2.24, 2.45) is 0 Å². The summed E-state index contributed by atoms with van der Waals surface area (Å²) in [4.78, 5) is 13.7. The van der Waals surface area contributed by atoms with Gasteiger partial charge in [-0.3, -0.25) is 4.79 Å². The average Bonchev–Trinajstić information content (AvgIpc) is 3.11. The first-order valence-electron chi connectivity index (χ1n) is 15.6. The third-order valence-corrected chi connectivity index (χ3v) is 9.13. The van der Waals surface area contributed by atoms with Crippen LogP contribution in [0.3, 0.4) is 0 Å². The molecule has 0 spiro atoms. The molecule has 3 saturated heterocycles. The number of aromatic hydroxyl groups is 1. The molecule has 0 radical (unpaired) electrons. The molecule has 3 aliphatic heterocycles. The SMILES string of the molecule is O=c1c(-c2ccc(O)cc2)coc2c([C@@H]3O[C@H](CO)[C@@H](O)[C@H](O)[C@H]3O)c(O[C@H]3OC[C@@H](O[C@H]4O[C@H](CO)[C@@H](O)[C@H](O)[C@H]4O)[C@H](O)[C@H]3O)ccc12. The van der Waals surface area contributed by atoms with Crippen LogP contribution in [0.15, 0.2) is 51.9 Å². The van der Waals surface area contributed by atoms with Gasteiger partial charge in [-0.15, -0.1) is 0 Å². The molecule has 18 heteroatoms. The predicted molar refractivity (Wildman–Crippen MR) is 163 cm³/mol. The van der Waals surface area contributed by atoms with E-state index in [0.29, 0.717) is 5.56 Å². The second-order valence-corrected chi connectivity index (χ2v) is 12.3. The zero-order valence-electron chi connectivity index (χ0n) is 26.0. The molecular formula is C32H38O18. The van der Waals surface area contributed by atoms with E-state index in [4.69, 9.17) is 28.1 Å². The van der Waals surface area contributed by atoms with Crippen LogP contribution in [0.1, 0.15) is 11.7 Å². The Kier molecular flexibility index (Phi) is 10.8. The molecule has 4 heterocycles. The predicted octanol–water partition coefficient (Wildman–Crippen LogP) is -3.68. The van der Waals surface area contributed by atoms with Gasteiger partial charge in [0.1, 0.15) is 96.6 Å². The van der Waals surface area contributed by atoms with Gasteiger partial charge in [-0.25, -0.2) is 0 Å². The van der Waals surface area contributed by atoms with E-state index in [1.807, 2.05) is 0 Å². The van der Waals surface area contributed by atoms with Gasteiger partial charge in [0.2, 0.25) is 11.7 Å². The van der Waals surface area contributed by atoms with E-state index in [2.05, 4.69) is 0 Å². The fourth-order valence-corrected chi connectivity index (χ4v) is 6.22. The van der Waals surface area contributed by atoms with E-state index in [1.54, 1.807) is 0 Å². The van der Waals surface area contributed by atoms with E-state index >= 15 is 0 Å². The molecule has 1 aromatic heterocycles. The van der Waals surface area contributed by atoms with Gasteiger partial charge >= 0.3 is 0 Å². The first-order valence-corrected chi connectivity index (χ1v) is 15.6. The number of aliphatic hydroxyl groups is 10. The quantitative estimate of drug-likeness (QED) is 0.107. The van der Waals surface area contributed by atoms with Crippen LogP contribution in [-0.2, 0) is 18.9 Å². The van der Waals surface area contributed by atoms with Gasteiger partial charge < -0.3 is 84.3 Å². The van der Waals surface area contributed by atoms with Crippen molar-refractivity contribution >= 4 is 11.0 Å². The third-order valence-electron chi connectivity index (χ3n) is 9.13. The smallest absolute Gasteiger partial charge is 0.228 e. The summed E-state index contributed by atoms with van der Waals surface area (Å²) >= 11 is 0. The lowest BCUT2D eigenvalue weighted by atomic mass is 9.89. The minimum Gasteiger partial charge on any atom is -0.508 e. The second-order valence-electron chi connectivity index (χ2n) is 12.3. The van der Waals surface area contributed by atoms with Gasteiger partial charge in [-0.05, 0) is 29.8 Å². The van der Waals surface area contributed by atoms with Crippen LogP contribution in [0.5, 0.6) is 11.5 Å². The second kappa shape index (κ2) is 14.7. The van der Waals surface area contributed by atoms with Gasteiger partial charge in [0, 0.05) is 0 Å². The minimum absolute atomic E-state index is 0.0328. The number of phenolic OH excluding ortho intramolecular Hbond substituents is 1. The van der Waals surface area contributed by atoms with Crippen molar-refractivity contribution < 1.29 is 84.3 Å². The fourth-order valence-electron chi connectivity index (χ4n) is 6.22. The molecule has 3 fully saturated rings. The van der Waals surface area contributed by atoms with Crippen LogP contribution in [-0.4, -0.2) is 156 Å². The number of phenols is 1. The highest BCUT2D eigenvalue weighted by Crippen LogP contribution is 2.42. The number of hydrogen-bond acceptors (Lipinski definition) is 18. The topological polar surface area (TPSA) is 299 Å². The Balaban J connectivity index is 1.32. The summed E-state index contributed by atoms with van der Waals surface area (Å²) in [7, 11) is 0. The molecule has 0 aliphatic carbocycles.